The number of hydrogen-bond acceptors (Lipinski definition) is 4. The minimum Gasteiger partial charge on any atom is -0.472 e. The number of aldehydes is 1. The van der Waals surface area contributed by atoms with Crippen molar-refractivity contribution >= 4 is 51.5 Å². The van der Waals surface area contributed by atoms with Crippen molar-refractivity contribution in [2.24, 2.45) is 0 Å². The zero-order chi connectivity index (χ0) is 53.6. The Balaban J connectivity index is 1.11. The van der Waals surface area contributed by atoms with Crippen LogP contribution in [0.3, 0.4) is 0 Å². The van der Waals surface area contributed by atoms with Crippen molar-refractivity contribution in [3.63, 3.8) is 0 Å². The largest absolute Gasteiger partial charge is 0.472 e. The van der Waals surface area contributed by atoms with E-state index in [-0.39, 0.29) is 0 Å². The number of thiophene rings is 1. The van der Waals surface area contributed by atoms with E-state index in [1.165, 1.54) is 125 Å². The highest BCUT2D eigenvalue weighted by molar-refractivity contribution is 7.17. The molecule has 2 heterocycles. The molecule has 0 N–H and O–H groups in total. The molecule has 2 unspecified atom stereocenters. The molecule has 1 aromatic heterocycles. The predicted molar refractivity (Wildman–Crippen MR) is 333 cm³/mol. The Morgan fingerprint density at radius 1 is 0.494 bits per heavy atom. The Bertz CT molecular complexity index is 3690. The van der Waals surface area contributed by atoms with E-state index in [2.05, 4.69) is 237 Å². The van der Waals surface area contributed by atoms with Crippen LogP contribution in [0.1, 0.15) is 138 Å². The van der Waals surface area contributed by atoms with Gasteiger partial charge in [-0.2, -0.15) is 0 Å². The topological polar surface area (TPSA) is 29.5 Å². The van der Waals surface area contributed by atoms with Crippen molar-refractivity contribution < 1.29 is 9.53 Å². The first-order chi connectivity index (χ1) is 39.0. The van der Waals surface area contributed by atoms with Gasteiger partial charge in [-0.05, 0) is 136 Å². The Labute approximate surface area is 471 Å². The summed E-state index contributed by atoms with van der Waals surface area (Å²) >= 11 is 1.51. The van der Waals surface area contributed by atoms with Crippen LogP contribution in [0.2, 0.25) is 0 Å². The van der Waals surface area contributed by atoms with Gasteiger partial charge in [0.25, 0.3) is 0 Å². The first kappa shape index (κ1) is 51.7. The van der Waals surface area contributed by atoms with Crippen LogP contribution in [-0.4, -0.2) is 6.29 Å². The number of aryl methyl sites for hydroxylation is 2. The second-order valence-corrected chi connectivity index (χ2v) is 22.8. The number of hydrogen-bond donors (Lipinski definition) is 0. The van der Waals surface area contributed by atoms with Crippen LogP contribution in [0, 0.1) is 0 Å². The van der Waals surface area contributed by atoms with Gasteiger partial charge in [-0.15, -0.1) is 11.3 Å². The van der Waals surface area contributed by atoms with Crippen LogP contribution < -0.4 is 9.64 Å². The van der Waals surface area contributed by atoms with Crippen molar-refractivity contribution in [2.75, 3.05) is 4.90 Å². The summed E-state index contributed by atoms with van der Waals surface area (Å²) in [6.45, 7) is 4.58. The van der Waals surface area contributed by atoms with Crippen molar-refractivity contribution in [3.8, 4) is 27.3 Å². The van der Waals surface area contributed by atoms with E-state index in [1.54, 1.807) is 0 Å². The van der Waals surface area contributed by atoms with Gasteiger partial charge in [0.1, 0.15) is 5.75 Å². The Kier molecular flexibility index (Phi) is 15.1. The van der Waals surface area contributed by atoms with E-state index in [4.69, 9.17) is 4.74 Å². The lowest BCUT2D eigenvalue weighted by Crippen LogP contribution is -2.36. The third-order valence-corrected chi connectivity index (χ3v) is 17.8. The summed E-state index contributed by atoms with van der Waals surface area (Å²) in [6.07, 6.45) is 20.3. The smallest absolute Gasteiger partial charge is 0.178 e. The fourth-order valence-electron chi connectivity index (χ4n) is 12.8. The molecule has 0 fully saturated rings. The lowest BCUT2D eigenvalue weighted by atomic mass is 9.65. The van der Waals surface area contributed by atoms with Gasteiger partial charge < -0.3 is 9.64 Å². The normalized spacial score (nSPS) is 16.0. The molecule has 1 aliphatic carbocycles. The maximum absolute atomic E-state index is 11.7. The number of anilines is 3. The molecule has 0 amide bonds. The van der Waals surface area contributed by atoms with Crippen molar-refractivity contribution in [1.29, 1.82) is 0 Å². The van der Waals surface area contributed by atoms with E-state index in [0.29, 0.717) is 0 Å². The van der Waals surface area contributed by atoms with Gasteiger partial charge in [-0.3, -0.25) is 4.79 Å². The fourth-order valence-corrected chi connectivity index (χ4v) is 13.6. The fraction of sp³-hybridized carbons (Fsp3) is 0.213. The Hall–Kier alpha value is -8.05. The SMILES string of the molecule is CCCCCCCCc1ccc(C2(c3ccc(CCCCCC)cc3)c3cc(N(c4ccccc4)c4ccccc4)ccc3-c3c2c2c(c4ccccc34)OC(c3ccccc3)(c3ccc(-c4ccc(C=O)s4)cc3)C=C2)cc1. The zero-order valence-electron chi connectivity index (χ0n) is 45.7. The highest BCUT2D eigenvalue weighted by Gasteiger charge is 2.51. The second kappa shape index (κ2) is 23.1. The molecular weight excluding hydrogens is 979 g/mol. The molecule has 0 saturated carbocycles. The molecular formula is C75H69NO2S. The van der Waals surface area contributed by atoms with Crippen LogP contribution in [0.4, 0.5) is 17.1 Å². The molecule has 3 nitrogen and oxygen atoms in total. The average Bonchev–Trinajstić information content (AvgIpc) is 4.22. The standard InChI is InChI=1S/C75H69NO2S/c1-3-5-7-9-10-15-25-55-36-42-60(43-37-55)75(59-40-34-54(35-41-59)24-14-8-6-4-2)69-52-63(76(61-28-18-12-19-29-61)62-30-20-13-21-31-62)46-48-67(69)71-65-32-22-23-33-66(65)73-68(72(71)75)50-51-74(78-73,57-26-16-11-17-27-57)58-44-38-56(39-45-58)70-49-47-64(53-77)79-70/h11-13,16-23,26-53H,3-10,14-15,24-25H2,1-2H3. The summed E-state index contributed by atoms with van der Waals surface area (Å²) in [6, 6.07) is 80.7. The average molecular weight is 1050 g/mol. The number of carbonyl (C=O) groups excluding carboxylic acids is 1. The molecule has 0 radical (unpaired) electrons. The molecule has 2 aliphatic rings. The number of carbonyl (C=O) groups is 1. The summed E-state index contributed by atoms with van der Waals surface area (Å²) in [5.74, 6) is 0.874. The number of benzene rings is 9. The first-order valence-corrected chi connectivity index (χ1v) is 29.8. The quantitative estimate of drug-likeness (QED) is 0.0531. The highest BCUT2D eigenvalue weighted by atomic mass is 32.1. The Morgan fingerprint density at radius 2 is 1.03 bits per heavy atom. The van der Waals surface area contributed by atoms with Crippen LogP contribution in [0.15, 0.2) is 224 Å². The predicted octanol–water partition coefficient (Wildman–Crippen LogP) is 20.6. The molecule has 0 spiro atoms. The van der Waals surface area contributed by atoms with Crippen LogP contribution in [0.5, 0.6) is 5.75 Å². The molecule has 10 aromatic rings. The number of nitrogens with zero attached hydrogens (tertiary/aromatic N) is 1. The van der Waals surface area contributed by atoms with Gasteiger partial charge in [-0.25, -0.2) is 0 Å². The number of unbranched alkanes of at least 4 members (excludes halogenated alkanes) is 8. The van der Waals surface area contributed by atoms with E-state index in [0.717, 1.165) is 79.3 Å². The monoisotopic (exact) mass is 1050 g/mol. The highest BCUT2D eigenvalue weighted by Crippen LogP contribution is 2.63. The maximum Gasteiger partial charge on any atom is 0.178 e. The minimum absolute atomic E-state index is 0.719. The summed E-state index contributed by atoms with van der Waals surface area (Å²) in [7, 11) is 0. The summed E-state index contributed by atoms with van der Waals surface area (Å²) in [5.41, 5.74) is 16.0. The zero-order valence-corrected chi connectivity index (χ0v) is 46.5. The third kappa shape index (κ3) is 9.76. The van der Waals surface area contributed by atoms with Crippen molar-refractivity contribution in [1.82, 2.24) is 0 Å². The third-order valence-electron chi connectivity index (χ3n) is 16.7. The second-order valence-electron chi connectivity index (χ2n) is 21.7. The first-order valence-electron chi connectivity index (χ1n) is 29.0. The summed E-state index contributed by atoms with van der Waals surface area (Å²) in [5, 5.41) is 2.24. The molecule has 392 valence electrons. The molecule has 0 saturated heterocycles. The van der Waals surface area contributed by atoms with E-state index < -0.39 is 11.0 Å². The van der Waals surface area contributed by atoms with Crippen LogP contribution in [0.25, 0.3) is 38.4 Å². The summed E-state index contributed by atoms with van der Waals surface area (Å²) in [4.78, 5) is 15.9. The number of fused-ring (bicyclic) bond motifs is 8. The molecule has 0 bridgehead atoms. The van der Waals surface area contributed by atoms with Gasteiger partial charge >= 0.3 is 0 Å². The van der Waals surface area contributed by atoms with Gasteiger partial charge in [0.2, 0.25) is 0 Å². The van der Waals surface area contributed by atoms with E-state index in [9.17, 15) is 4.79 Å². The summed E-state index contributed by atoms with van der Waals surface area (Å²) < 4.78 is 7.98. The van der Waals surface area contributed by atoms with Crippen molar-refractivity contribution in [2.45, 2.75) is 102 Å². The lowest BCUT2D eigenvalue weighted by Gasteiger charge is -2.40. The lowest BCUT2D eigenvalue weighted by molar-refractivity contribution is 0.112. The van der Waals surface area contributed by atoms with Gasteiger partial charge in [0, 0.05) is 44.0 Å². The number of rotatable bonds is 21. The van der Waals surface area contributed by atoms with Gasteiger partial charge in [0.15, 0.2) is 11.9 Å². The minimum atomic E-state index is -0.960. The van der Waals surface area contributed by atoms with Gasteiger partial charge in [0.05, 0.1) is 10.3 Å². The Morgan fingerprint density at radius 3 is 1.62 bits per heavy atom. The maximum atomic E-state index is 11.7. The van der Waals surface area contributed by atoms with E-state index in [1.807, 2.05) is 12.1 Å². The molecule has 79 heavy (non-hydrogen) atoms. The van der Waals surface area contributed by atoms with E-state index >= 15 is 0 Å². The van der Waals surface area contributed by atoms with Gasteiger partial charge in [-0.1, -0.05) is 241 Å². The van der Waals surface area contributed by atoms with Crippen LogP contribution >= 0.6 is 11.3 Å². The molecule has 12 rings (SSSR count). The number of para-hydroxylation sites is 2. The molecule has 4 heteroatoms. The molecule has 2 atom stereocenters. The molecule has 9 aromatic carbocycles. The molecule has 1 aliphatic heterocycles. The van der Waals surface area contributed by atoms with Crippen LogP contribution in [-0.2, 0) is 23.9 Å². The number of ether oxygens (including phenoxy) is 1. The van der Waals surface area contributed by atoms with Crippen molar-refractivity contribution in [3.05, 3.63) is 279 Å².